The van der Waals surface area contributed by atoms with E-state index in [4.69, 9.17) is 5.73 Å². The van der Waals surface area contributed by atoms with Gasteiger partial charge in [-0.1, -0.05) is 53.4 Å². The first-order chi connectivity index (χ1) is 13.6. The molecular weight excluding hydrogens is 370 g/mol. The van der Waals surface area contributed by atoms with Crippen molar-refractivity contribution in [3.05, 3.63) is 0 Å². The summed E-state index contributed by atoms with van der Waals surface area (Å²) in [6.45, 7) is 8.00. The second-order valence-corrected chi connectivity index (χ2v) is 9.22. The molecule has 0 aliphatic rings. The number of hydrogen-bond acceptors (Lipinski definition) is 6. The average Bonchev–Trinajstić information content (AvgIpc) is 2.67. The van der Waals surface area contributed by atoms with Gasteiger partial charge in [0, 0.05) is 12.5 Å². The van der Waals surface area contributed by atoms with Crippen LogP contribution in [0.15, 0.2) is 0 Å². The second kappa shape index (κ2) is 16.5. The molecule has 8 unspecified atom stereocenters. The third-order valence-corrected chi connectivity index (χ3v) is 6.11. The van der Waals surface area contributed by atoms with Crippen LogP contribution in [0.4, 0.5) is 0 Å². The molecule has 176 valence electrons. The Hall–Kier alpha value is -0.240. The first-order valence-corrected chi connectivity index (χ1v) is 11.8. The highest BCUT2D eigenvalue weighted by Gasteiger charge is 2.25. The highest BCUT2D eigenvalue weighted by molar-refractivity contribution is 4.77. The van der Waals surface area contributed by atoms with Crippen LogP contribution < -0.4 is 5.73 Å². The smallest absolute Gasteiger partial charge is 0.0824 e. The van der Waals surface area contributed by atoms with Crippen molar-refractivity contribution in [3.63, 3.8) is 0 Å². The molecule has 0 amide bonds. The predicted octanol–water partition coefficient (Wildman–Crippen LogP) is 2.72. The molecule has 29 heavy (non-hydrogen) atoms. The number of aliphatic hydroxyl groups is 5. The molecule has 0 spiro atoms. The summed E-state index contributed by atoms with van der Waals surface area (Å²) in [5.74, 6) is 0.211. The fraction of sp³-hybridized carbons (Fsp3) is 1.00. The van der Waals surface area contributed by atoms with E-state index in [0.29, 0.717) is 38.5 Å². The van der Waals surface area contributed by atoms with Crippen molar-refractivity contribution in [2.24, 2.45) is 17.6 Å². The van der Waals surface area contributed by atoms with Gasteiger partial charge in [-0.2, -0.15) is 0 Å². The van der Waals surface area contributed by atoms with Crippen molar-refractivity contribution in [2.75, 3.05) is 0 Å². The molecule has 0 aromatic carbocycles. The minimum absolute atomic E-state index is 0.0823. The minimum atomic E-state index is -0.750. The standard InChI is InChI=1S/C23H49NO5/c1-5-7-10-17(4)23(29)22(28)14-16(3)13-18(25)11-8-9-12-19(26)15-21(27)20(24)6-2/h16-23,25-29H,5-15,24H2,1-4H3. The first-order valence-electron chi connectivity index (χ1n) is 11.8. The lowest BCUT2D eigenvalue weighted by Gasteiger charge is -2.26. The van der Waals surface area contributed by atoms with E-state index in [2.05, 4.69) is 6.92 Å². The highest BCUT2D eigenvalue weighted by atomic mass is 16.3. The molecule has 0 heterocycles. The summed E-state index contributed by atoms with van der Waals surface area (Å²) in [6.07, 6.45) is 4.82. The Morgan fingerprint density at radius 3 is 1.76 bits per heavy atom. The Balaban J connectivity index is 3.99. The summed E-state index contributed by atoms with van der Waals surface area (Å²) in [6, 6.07) is -0.295. The van der Waals surface area contributed by atoms with Crippen molar-refractivity contribution in [3.8, 4) is 0 Å². The molecule has 0 radical (unpaired) electrons. The molecule has 0 saturated heterocycles. The first kappa shape index (κ1) is 28.8. The molecule has 0 saturated carbocycles. The quantitative estimate of drug-likeness (QED) is 0.190. The summed E-state index contributed by atoms with van der Waals surface area (Å²) in [5.41, 5.74) is 5.77. The summed E-state index contributed by atoms with van der Waals surface area (Å²) in [5, 5.41) is 50.7. The maximum atomic E-state index is 10.3. The number of nitrogens with two attached hydrogens (primary N) is 1. The van der Waals surface area contributed by atoms with Gasteiger partial charge in [-0.05, 0) is 50.4 Å². The summed E-state index contributed by atoms with van der Waals surface area (Å²) < 4.78 is 0. The highest BCUT2D eigenvalue weighted by Crippen LogP contribution is 2.22. The van der Waals surface area contributed by atoms with Crippen LogP contribution >= 0.6 is 0 Å². The monoisotopic (exact) mass is 419 g/mol. The summed E-state index contributed by atoms with van der Waals surface area (Å²) in [7, 11) is 0. The normalized spacial score (nSPS) is 20.5. The van der Waals surface area contributed by atoms with Gasteiger partial charge < -0.3 is 31.3 Å². The van der Waals surface area contributed by atoms with Crippen LogP contribution in [0.5, 0.6) is 0 Å². The molecular formula is C23H49NO5. The van der Waals surface area contributed by atoms with E-state index in [1.807, 2.05) is 20.8 Å². The molecule has 0 aromatic rings. The molecule has 7 N–H and O–H groups in total. The maximum Gasteiger partial charge on any atom is 0.0824 e. The van der Waals surface area contributed by atoms with E-state index in [1.54, 1.807) is 0 Å². The Morgan fingerprint density at radius 1 is 0.690 bits per heavy atom. The zero-order chi connectivity index (χ0) is 22.4. The van der Waals surface area contributed by atoms with Crippen LogP contribution in [0.25, 0.3) is 0 Å². The van der Waals surface area contributed by atoms with Crippen molar-refractivity contribution in [2.45, 2.75) is 135 Å². The average molecular weight is 420 g/mol. The van der Waals surface area contributed by atoms with Gasteiger partial charge in [-0.25, -0.2) is 0 Å². The van der Waals surface area contributed by atoms with E-state index >= 15 is 0 Å². The molecule has 0 aliphatic carbocycles. The van der Waals surface area contributed by atoms with Crippen molar-refractivity contribution >= 4 is 0 Å². The van der Waals surface area contributed by atoms with E-state index in [0.717, 1.165) is 32.1 Å². The van der Waals surface area contributed by atoms with Crippen LogP contribution in [-0.2, 0) is 0 Å². The largest absolute Gasteiger partial charge is 0.393 e. The zero-order valence-corrected chi connectivity index (χ0v) is 19.2. The molecule has 8 atom stereocenters. The summed E-state index contributed by atoms with van der Waals surface area (Å²) in [4.78, 5) is 0. The van der Waals surface area contributed by atoms with Gasteiger partial charge in [0.15, 0.2) is 0 Å². The summed E-state index contributed by atoms with van der Waals surface area (Å²) >= 11 is 0. The SMILES string of the molecule is CCCCC(C)C(O)C(O)CC(C)CC(O)CCCCC(O)CC(O)C(N)CC. The van der Waals surface area contributed by atoms with Crippen molar-refractivity contribution in [1.29, 1.82) is 0 Å². The Labute approximate surface area is 178 Å². The van der Waals surface area contributed by atoms with E-state index < -0.39 is 30.5 Å². The lowest BCUT2D eigenvalue weighted by atomic mass is 9.88. The third kappa shape index (κ3) is 13.6. The lowest BCUT2D eigenvalue weighted by molar-refractivity contribution is -0.0288. The topological polar surface area (TPSA) is 127 Å². The van der Waals surface area contributed by atoms with Gasteiger partial charge >= 0.3 is 0 Å². The van der Waals surface area contributed by atoms with E-state index in [-0.39, 0.29) is 17.9 Å². The van der Waals surface area contributed by atoms with Gasteiger partial charge in [-0.15, -0.1) is 0 Å². The van der Waals surface area contributed by atoms with Crippen LogP contribution in [0, 0.1) is 11.8 Å². The Bertz CT molecular complexity index is 384. The molecule has 0 fully saturated rings. The lowest BCUT2D eigenvalue weighted by Crippen LogP contribution is -2.36. The van der Waals surface area contributed by atoms with Crippen molar-refractivity contribution in [1.82, 2.24) is 0 Å². The molecule has 0 aliphatic heterocycles. The molecule has 6 heteroatoms. The van der Waals surface area contributed by atoms with Gasteiger partial charge in [0.25, 0.3) is 0 Å². The van der Waals surface area contributed by atoms with Gasteiger partial charge in [0.2, 0.25) is 0 Å². The fourth-order valence-corrected chi connectivity index (χ4v) is 3.91. The van der Waals surface area contributed by atoms with Gasteiger partial charge in [0.1, 0.15) is 0 Å². The third-order valence-electron chi connectivity index (χ3n) is 6.11. The van der Waals surface area contributed by atoms with Gasteiger partial charge in [0.05, 0.1) is 30.5 Å². The maximum absolute atomic E-state index is 10.3. The number of rotatable bonds is 18. The fourth-order valence-electron chi connectivity index (χ4n) is 3.91. The molecule has 0 aromatic heterocycles. The predicted molar refractivity (Wildman–Crippen MR) is 118 cm³/mol. The Kier molecular flexibility index (Phi) is 16.3. The van der Waals surface area contributed by atoms with Gasteiger partial charge in [-0.3, -0.25) is 0 Å². The number of hydrogen-bond donors (Lipinski definition) is 6. The minimum Gasteiger partial charge on any atom is -0.393 e. The Morgan fingerprint density at radius 2 is 1.24 bits per heavy atom. The number of aliphatic hydroxyl groups excluding tert-OH is 5. The molecule has 0 bridgehead atoms. The van der Waals surface area contributed by atoms with E-state index in [1.165, 1.54) is 0 Å². The zero-order valence-electron chi connectivity index (χ0n) is 19.2. The number of unbranched alkanes of at least 4 members (excludes halogenated alkanes) is 2. The van der Waals surface area contributed by atoms with E-state index in [9.17, 15) is 25.5 Å². The van der Waals surface area contributed by atoms with Crippen LogP contribution in [0.3, 0.4) is 0 Å². The van der Waals surface area contributed by atoms with Crippen molar-refractivity contribution < 1.29 is 25.5 Å². The van der Waals surface area contributed by atoms with Crippen LogP contribution in [-0.4, -0.2) is 62.1 Å². The van der Waals surface area contributed by atoms with Crippen LogP contribution in [0.1, 0.15) is 98.3 Å². The second-order valence-electron chi connectivity index (χ2n) is 9.22. The molecule has 6 nitrogen and oxygen atoms in total. The van der Waals surface area contributed by atoms with Crippen LogP contribution in [0.2, 0.25) is 0 Å². The molecule has 0 rings (SSSR count).